The van der Waals surface area contributed by atoms with Crippen molar-refractivity contribution in [1.29, 1.82) is 0 Å². The van der Waals surface area contributed by atoms with E-state index in [0.29, 0.717) is 0 Å². The van der Waals surface area contributed by atoms with Crippen molar-refractivity contribution < 1.29 is 4.39 Å². The fourth-order valence-corrected chi connectivity index (χ4v) is 4.15. The maximum absolute atomic E-state index is 13.6. The molecule has 0 N–H and O–H groups in total. The van der Waals surface area contributed by atoms with Crippen LogP contribution in [0.15, 0.2) is 54.6 Å². The second kappa shape index (κ2) is 10.1. The second-order valence-corrected chi connectivity index (χ2v) is 8.27. The third-order valence-electron chi connectivity index (χ3n) is 5.80. The van der Waals surface area contributed by atoms with E-state index in [1.807, 2.05) is 6.07 Å². The van der Waals surface area contributed by atoms with E-state index < -0.39 is 0 Å². The minimum absolute atomic E-state index is 0.172. The molecule has 2 aromatic carbocycles. The summed E-state index contributed by atoms with van der Waals surface area (Å²) in [5.74, 6) is 1.32. The summed E-state index contributed by atoms with van der Waals surface area (Å²) in [6, 6.07) is 13.5. The Morgan fingerprint density at radius 3 is 2.37 bits per heavy atom. The van der Waals surface area contributed by atoms with Crippen LogP contribution in [0.25, 0.3) is 11.1 Å². The summed E-state index contributed by atoms with van der Waals surface area (Å²) in [6.07, 6.45) is 15.1. The number of aryl methyl sites for hydroxylation is 1. The normalized spacial score (nSPS) is 20.3. The van der Waals surface area contributed by atoms with E-state index in [2.05, 4.69) is 43.3 Å². The van der Waals surface area contributed by atoms with Crippen LogP contribution in [0.5, 0.6) is 0 Å². The second-order valence-electron chi connectivity index (χ2n) is 7.86. The van der Waals surface area contributed by atoms with Crippen molar-refractivity contribution in [1.82, 2.24) is 0 Å². The van der Waals surface area contributed by atoms with Gasteiger partial charge in [-0.2, -0.15) is 0 Å². The minimum Gasteiger partial charge on any atom is -0.205 e. The van der Waals surface area contributed by atoms with Gasteiger partial charge in [0.15, 0.2) is 0 Å². The van der Waals surface area contributed by atoms with Gasteiger partial charge < -0.3 is 0 Å². The Bertz CT molecular complexity index is 739. The predicted molar refractivity (Wildman–Crippen MR) is 115 cm³/mol. The van der Waals surface area contributed by atoms with Crippen LogP contribution in [-0.4, -0.2) is 0 Å². The highest BCUT2D eigenvalue weighted by atomic mass is 35.5. The molecule has 0 heterocycles. The SMILES string of the molecule is CCC/C=C/[C@H]1CC[C@H](CCc2ccc(-c3ccc(Cl)c(F)c3)cc2)CC1. The van der Waals surface area contributed by atoms with Crippen LogP contribution in [0.3, 0.4) is 0 Å². The number of hydrogen-bond donors (Lipinski definition) is 0. The highest BCUT2D eigenvalue weighted by molar-refractivity contribution is 6.30. The zero-order valence-electron chi connectivity index (χ0n) is 16.3. The Morgan fingerprint density at radius 2 is 1.70 bits per heavy atom. The van der Waals surface area contributed by atoms with Crippen molar-refractivity contribution in [3.8, 4) is 11.1 Å². The Hall–Kier alpha value is -1.60. The van der Waals surface area contributed by atoms with E-state index in [9.17, 15) is 4.39 Å². The number of halogens is 2. The lowest BCUT2D eigenvalue weighted by molar-refractivity contribution is 0.296. The molecular weight excluding hydrogens is 355 g/mol. The van der Waals surface area contributed by atoms with Crippen molar-refractivity contribution in [3.05, 3.63) is 71.0 Å². The summed E-state index contributed by atoms with van der Waals surface area (Å²) in [6.45, 7) is 2.24. The Balaban J connectivity index is 1.47. The van der Waals surface area contributed by atoms with Crippen molar-refractivity contribution in [2.45, 2.75) is 58.3 Å². The number of unbranched alkanes of at least 4 members (excludes halogenated alkanes) is 1. The maximum Gasteiger partial charge on any atom is 0.142 e. The first-order valence-corrected chi connectivity index (χ1v) is 10.7. The molecule has 1 aliphatic rings. The lowest BCUT2D eigenvalue weighted by Crippen LogP contribution is -2.13. The molecule has 0 nitrogen and oxygen atoms in total. The Morgan fingerprint density at radius 1 is 1.00 bits per heavy atom. The van der Waals surface area contributed by atoms with E-state index in [1.165, 1.54) is 56.6 Å². The third kappa shape index (κ3) is 5.94. The van der Waals surface area contributed by atoms with Crippen LogP contribution < -0.4 is 0 Å². The first-order chi connectivity index (χ1) is 13.2. The zero-order chi connectivity index (χ0) is 19.1. The lowest BCUT2D eigenvalue weighted by atomic mass is 9.79. The third-order valence-corrected chi connectivity index (χ3v) is 6.11. The van der Waals surface area contributed by atoms with Gasteiger partial charge in [-0.05, 0) is 85.6 Å². The van der Waals surface area contributed by atoms with E-state index in [4.69, 9.17) is 11.6 Å². The smallest absolute Gasteiger partial charge is 0.142 e. The summed E-state index contributed by atoms with van der Waals surface area (Å²) >= 11 is 5.77. The molecule has 0 radical (unpaired) electrons. The van der Waals surface area contributed by atoms with Crippen molar-refractivity contribution in [2.75, 3.05) is 0 Å². The molecule has 2 heteroatoms. The number of allylic oxidation sites excluding steroid dienone is 2. The molecule has 27 heavy (non-hydrogen) atoms. The zero-order valence-corrected chi connectivity index (χ0v) is 17.0. The monoisotopic (exact) mass is 384 g/mol. The van der Waals surface area contributed by atoms with Gasteiger partial charge in [-0.3, -0.25) is 0 Å². The standard InChI is InChI=1S/C25H30ClF/c1-2-3-4-5-19-6-8-20(9-7-19)10-11-21-12-14-22(15-13-21)23-16-17-24(26)25(27)18-23/h4-5,12-20H,2-3,6-11H2,1H3/b5-4+/t19-,20-. The van der Waals surface area contributed by atoms with Gasteiger partial charge >= 0.3 is 0 Å². The highest BCUT2D eigenvalue weighted by Crippen LogP contribution is 2.32. The van der Waals surface area contributed by atoms with Crippen LogP contribution in [0.2, 0.25) is 5.02 Å². The molecule has 144 valence electrons. The molecule has 0 saturated heterocycles. The Kier molecular flexibility index (Phi) is 7.52. The molecule has 0 spiro atoms. The number of hydrogen-bond acceptors (Lipinski definition) is 0. The lowest BCUT2D eigenvalue weighted by Gasteiger charge is -2.26. The summed E-state index contributed by atoms with van der Waals surface area (Å²) in [5, 5.41) is 0.172. The molecule has 3 rings (SSSR count). The van der Waals surface area contributed by atoms with E-state index in [1.54, 1.807) is 6.07 Å². The molecule has 0 bridgehead atoms. The first-order valence-electron chi connectivity index (χ1n) is 10.4. The van der Waals surface area contributed by atoms with E-state index in [-0.39, 0.29) is 10.8 Å². The van der Waals surface area contributed by atoms with Gasteiger partial charge in [0, 0.05) is 0 Å². The molecule has 0 unspecified atom stereocenters. The molecule has 2 aromatic rings. The van der Waals surface area contributed by atoms with Crippen molar-refractivity contribution >= 4 is 11.6 Å². The highest BCUT2D eigenvalue weighted by Gasteiger charge is 2.19. The molecule has 1 aliphatic carbocycles. The van der Waals surface area contributed by atoms with Crippen molar-refractivity contribution in [2.24, 2.45) is 11.8 Å². The van der Waals surface area contributed by atoms with E-state index in [0.717, 1.165) is 29.4 Å². The molecule has 1 fully saturated rings. The fourth-order valence-electron chi connectivity index (χ4n) is 4.04. The van der Waals surface area contributed by atoms with Crippen LogP contribution in [0, 0.1) is 17.7 Å². The maximum atomic E-state index is 13.6. The average Bonchev–Trinajstić information content (AvgIpc) is 2.70. The van der Waals surface area contributed by atoms with E-state index >= 15 is 0 Å². The average molecular weight is 385 g/mol. The van der Waals surface area contributed by atoms with Crippen LogP contribution in [0.4, 0.5) is 4.39 Å². The molecule has 0 aliphatic heterocycles. The van der Waals surface area contributed by atoms with Crippen LogP contribution >= 0.6 is 11.6 Å². The van der Waals surface area contributed by atoms with Gasteiger partial charge in [-0.25, -0.2) is 4.39 Å². The molecule has 0 atom stereocenters. The summed E-state index contributed by atoms with van der Waals surface area (Å²) in [4.78, 5) is 0. The minimum atomic E-state index is -0.363. The number of benzene rings is 2. The summed E-state index contributed by atoms with van der Waals surface area (Å²) in [7, 11) is 0. The largest absolute Gasteiger partial charge is 0.205 e. The van der Waals surface area contributed by atoms with Crippen molar-refractivity contribution in [3.63, 3.8) is 0 Å². The first kappa shape index (κ1) is 20.1. The van der Waals surface area contributed by atoms with Gasteiger partial charge in [0.05, 0.1) is 5.02 Å². The quantitative estimate of drug-likeness (QED) is 0.421. The Labute approximate surface area is 168 Å². The summed E-state index contributed by atoms with van der Waals surface area (Å²) < 4.78 is 13.6. The summed E-state index contributed by atoms with van der Waals surface area (Å²) in [5.41, 5.74) is 3.28. The predicted octanol–water partition coefficient (Wildman–Crippen LogP) is 8.24. The van der Waals surface area contributed by atoms with Crippen LogP contribution in [0.1, 0.15) is 57.4 Å². The van der Waals surface area contributed by atoms with Gasteiger partial charge in [0.2, 0.25) is 0 Å². The molecule has 0 aromatic heterocycles. The molecular formula is C25H30ClF. The van der Waals surface area contributed by atoms with Gasteiger partial charge in [-0.1, -0.05) is 67.4 Å². The number of rotatable bonds is 7. The fraction of sp³-hybridized carbons (Fsp3) is 0.440. The van der Waals surface area contributed by atoms with Gasteiger partial charge in [0.25, 0.3) is 0 Å². The molecule has 0 amide bonds. The topological polar surface area (TPSA) is 0 Å². The van der Waals surface area contributed by atoms with Crippen LogP contribution in [-0.2, 0) is 6.42 Å². The van der Waals surface area contributed by atoms with Gasteiger partial charge in [0.1, 0.15) is 5.82 Å². The van der Waals surface area contributed by atoms with Gasteiger partial charge in [-0.15, -0.1) is 0 Å². The molecule has 1 saturated carbocycles.